The summed E-state index contributed by atoms with van der Waals surface area (Å²) in [7, 11) is 1.09. The molecular formula is C13H8BrClF4N2O. The molecule has 0 fully saturated rings. The van der Waals surface area contributed by atoms with Gasteiger partial charge in [-0.3, -0.25) is 9.48 Å². The van der Waals surface area contributed by atoms with Crippen molar-refractivity contribution < 1.29 is 22.4 Å². The van der Waals surface area contributed by atoms with Crippen molar-refractivity contribution in [2.75, 3.05) is 0 Å². The number of halogens is 6. The van der Waals surface area contributed by atoms with E-state index in [1.54, 1.807) is 0 Å². The van der Waals surface area contributed by atoms with Crippen molar-refractivity contribution in [3.05, 3.63) is 38.7 Å². The molecule has 0 N–H and O–H groups in total. The van der Waals surface area contributed by atoms with Gasteiger partial charge in [-0.15, -0.1) is 0 Å². The van der Waals surface area contributed by atoms with Crippen LogP contribution in [0.25, 0.3) is 11.3 Å². The Hall–Kier alpha value is -1.41. The molecule has 0 amide bonds. The average Bonchev–Trinajstić information content (AvgIpc) is 2.63. The number of Topliss-reactive ketones (excluding diaryl/α,β-unsaturated/α-hetero) is 1. The van der Waals surface area contributed by atoms with E-state index in [1.165, 1.54) is 6.92 Å². The van der Waals surface area contributed by atoms with Gasteiger partial charge in [-0.1, -0.05) is 11.6 Å². The summed E-state index contributed by atoms with van der Waals surface area (Å²) in [5.74, 6) is -1.31. The minimum atomic E-state index is -4.66. The summed E-state index contributed by atoms with van der Waals surface area (Å²) in [5, 5.41) is 3.58. The van der Waals surface area contributed by atoms with Crippen molar-refractivity contribution in [1.82, 2.24) is 9.78 Å². The Balaban J connectivity index is 2.73. The Morgan fingerprint density at radius 1 is 1.36 bits per heavy atom. The number of aryl methyl sites for hydroxylation is 1. The van der Waals surface area contributed by atoms with Gasteiger partial charge in [0, 0.05) is 18.2 Å². The molecule has 0 spiro atoms. The van der Waals surface area contributed by atoms with Crippen molar-refractivity contribution in [3.8, 4) is 11.3 Å². The van der Waals surface area contributed by atoms with Crippen molar-refractivity contribution in [3.63, 3.8) is 0 Å². The smallest absolute Gasteiger partial charge is 0.294 e. The SMILES string of the molecule is CC(=O)c1cc(-c2nn(C)c(C(F)(F)F)c2Br)c(F)cc1Cl. The van der Waals surface area contributed by atoms with Gasteiger partial charge in [0.2, 0.25) is 0 Å². The van der Waals surface area contributed by atoms with Crippen LogP contribution in [0.2, 0.25) is 5.02 Å². The van der Waals surface area contributed by atoms with Crippen LogP contribution >= 0.6 is 27.5 Å². The van der Waals surface area contributed by atoms with Crippen LogP contribution in [0.1, 0.15) is 23.0 Å². The van der Waals surface area contributed by atoms with E-state index in [2.05, 4.69) is 21.0 Å². The fourth-order valence-electron chi connectivity index (χ4n) is 1.98. The number of nitrogens with zero attached hydrogens (tertiary/aromatic N) is 2. The predicted octanol–water partition coefficient (Wildman–Crippen LogP) is 4.86. The van der Waals surface area contributed by atoms with Crippen LogP contribution in [-0.2, 0) is 13.2 Å². The van der Waals surface area contributed by atoms with Gasteiger partial charge in [0.05, 0.1) is 9.50 Å². The van der Waals surface area contributed by atoms with Crippen LogP contribution in [0.15, 0.2) is 16.6 Å². The Morgan fingerprint density at radius 3 is 2.41 bits per heavy atom. The Labute approximate surface area is 136 Å². The maximum absolute atomic E-state index is 14.1. The molecule has 0 aliphatic carbocycles. The maximum atomic E-state index is 14.1. The van der Waals surface area contributed by atoms with Crippen LogP contribution in [0.5, 0.6) is 0 Å². The van der Waals surface area contributed by atoms with Crippen LogP contribution < -0.4 is 0 Å². The second-order valence-corrected chi connectivity index (χ2v) is 5.70. The molecule has 0 saturated heterocycles. The number of hydrogen-bond acceptors (Lipinski definition) is 2. The molecule has 0 atom stereocenters. The van der Waals surface area contributed by atoms with E-state index in [-0.39, 0.29) is 21.8 Å². The lowest BCUT2D eigenvalue weighted by Crippen LogP contribution is -2.12. The lowest BCUT2D eigenvalue weighted by molar-refractivity contribution is -0.144. The topological polar surface area (TPSA) is 34.9 Å². The molecule has 1 aromatic carbocycles. The number of rotatable bonds is 2. The van der Waals surface area contributed by atoms with Gasteiger partial charge in [-0.2, -0.15) is 18.3 Å². The van der Waals surface area contributed by atoms with E-state index in [9.17, 15) is 22.4 Å². The molecule has 0 aliphatic rings. The van der Waals surface area contributed by atoms with Gasteiger partial charge >= 0.3 is 6.18 Å². The first-order valence-corrected chi connectivity index (χ1v) is 7.01. The molecule has 118 valence electrons. The van der Waals surface area contributed by atoms with E-state index < -0.39 is 27.9 Å². The van der Waals surface area contributed by atoms with E-state index in [0.717, 1.165) is 19.2 Å². The zero-order valence-corrected chi connectivity index (χ0v) is 13.6. The molecule has 0 unspecified atom stereocenters. The van der Waals surface area contributed by atoms with E-state index in [4.69, 9.17) is 11.6 Å². The van der Waals surface area contributed by atoms with E-state index in [1.807, 2.05) is 0 Å². The number of hydrogen-bond donors (Lipinski definition) is 0. The summed E-state index contributed by atoms with van der Waals surface area (Å²) < 4.78 is 53.1. The fourth-order valence-corrected chi connectivity index (χ4v) is 3.04. The average molecular weight is 400 g/mol. The number of carbonyl (C=O) groups excluding carboxylic acids is 1. The molecule has 0 aliphatic heterocycles. The lowest BCUT2D eigenvalue weighted by atomic mass is 10.0. The molecule has 1 aromatic heterocycles. The molecule has 22 heavy (non-hydrogen) atoms. The number of carbonyl (C=O) groups is 1. The monoisotopic (exact) mass is 398 g/mol. The Morgan fingerprint density at radius 2 is 1.95 bits per heavy atom. The van der Waals surface area contributed by atoms with Crippen molar-refractivity contribution in [2.24, 2.45) is 7.05 Å². The van der Waals surface area contributed by atoms with E-state index in [0.29, 0.717) is 4.68 Å². The zero-order chi connectivity index (χ0) is 16.8. The van der Waals surface area contributed by atoms with Gasteiger partial charge in [0.15, 0.2) is 11.5 Å². The largest absolute Gasteiger partial charge is 0.434 e. The van der Waals surface area contributed by atoms with Gasteiger partial charge in [0.25, 0.3) is 0 Å². The quantitative estimate of drug-likeness (QED) is 0.534. The van der Waals surface area contributed by atoms with Crippen LogP contribution in [0.3, 0.4) is 0 Å². The number of benzene rings is 1. The highest BCUT2D eigenvalue weighted by Crippen LogP contribution is 2.41. The van der Waals surface area contributed by atoms with E-state index >= 15 is 0 Å². The second kappa shape index (κ2) is 5.66. The third-order valence-corrected chi connectivity index (χ3v) is 4.01. The van der Waals surface area contributed by atoms with Gasteiger partial charge in [-0.05, 0) is 35.0 Å². The van der Waals surface area contributed by atoms with Crippen molar-refractivity contribution in [1.29, 1.82) is 0 Å². The summed E-state index contributed by atoms with van der Waals surface area (Å²) in [6, 6.07) is 1.97. The highest BCUT2D eigenvalue weighted by atomic mass is 79.9. The third-order valence-electron chi connectivity index (χ3n) is 2.95. The normalized spacial score (nSPS) is 11.8. The predicted molar refractivity (Wildman–Crippen MR) is 76.3 cm³/mol. The molecular weight excluding hydrogens is 392 g/mol. The number of ketones is 1. The first-order valence-electron chi connectivity index (χ1n) is 5.84. The summed E-state index contributed by atoms with van der Waals surface area (Å²) >= 11 is 8.56. The number of aromatic nitrogens is 2. The van der Waals surface area contributed by atoms with Crippen molar-refractivity contribution in [2.45, 2.75) is 13.1 Å². The first-order chi connectivity index (χ1) is 10.0. The zero-order valence-electron chi connectivity index (χ0n) is 11.2. The molecule has 2 rings (SSSR count). The Bertz CT molecular complexity index is 770. The molecule has 1 heterocycles. The molecule has 0 saturated carbocycles. The van der Waals surface area contributed by atoms with Crippen LogP contribution in [-0.4, -0.2) is 15.6 Å². The molecule has 2 aromatic rings. The summed E-state index contributed by atoms with van der Waals surface area (Å²) in [6.07, 6.45) is -4.66. The summed E-state index contributed by atoms with van der Waals surface area (Å²) in [6.45, 7) is 1.22. The minimum Gasteiger partial charge on any atom is -0.294 e. The van der Waals surface area contributed by atoms with Crippen molar-refractivity contribution >= 4 is 33.3 Å². The molecule has 0 bridgehead atoms. The second-order valence-electron chi connectivity index (χ2n) is 4.50. The summed E-state index contributed by atoms with van der Waals surface area (Å²) in [4.78, 5) is 11.5. The molecule has 3 nitrogen and oxygen atoms in total. The highest BCUT2D eigenvalue weighted by molar-refractivity contribution is 9.10. The maximum Gasteiger partial charge on any atom is 0.434 e. The minimum absolute atomic E-state index is 0.00387. The highest BCUT2D eigenvalue weighted by Gasteiger charge is 2.39. The van der Waals surface area contributed by atoms with Gasteiger partial charge in [0.1, 0.15) is 11.5 Å². The molecule has 9 heteroatoms. The molecule has 0 radical (unpaired) electrons. The van der Waals surface area contributed by atoms with Crippen LogP contribution in [0, 0.1) is 5.82 Å². The lowest BCUT2D eigenvalue weighted by Gasteiger charge is -2.07. The van der Waals surface area contributed by atoms with Gasteiger partial charge < -0.3 is 0 Å². The number of alkyl halides is 3. The standard InChI is InChI=1S/C13H8BrClF4N2O/c1-5(22)6-3-7(9(16)4-8(6)15)11-10(14)12(13(17,18)19)21(2)20-11/h3-4H,1-2H3. The fraction of sp³-hybridized carbons (Fsp3) is 0.231. The first kappa shape index (κ1) is 17.0. The van der Waals surface area contributed by atoms with Gasteiger partial charge in [-0.25, -0.2) is 4.39 Å². The Kier molecular flexibility index (Phi) is 4.36. The summed E-state index contributed by atoms with van der Waals surface area (Å²) in [5.41, 5.74) is -1.55. The van der Waals surface area contributed by atoms with Crippen LogP contribution in [0.4, 0.5) is 17.6 Å². The third kappa shape index (κ3) is 2.89.